The fraction of sp³-hybridized carbons (Fsp3) is 0.250. The average molecular weight is 610 g/mol. The lowest BCUT2D eigenvalue weighted by Gasteiger charge is -2.35. The van der Waals surface area contributed by atoms with Gasteiger partial charge < -0.3 is 14.7 Å². The minimum atomic E-state index is -5.86. The Kier molecular flexibility index (Phi) is 9.34. The van der Waals surface area contributed by atoms with Gasteiger partial charge in [-0.15, -0.1) is 0 Å². The van der Waals surface area contributed by atoms with Crippen LogP contribution in [0.5, 0.6) is 11.5 Å². The van der Waals surface area contributed by atoms with Gasteiger partial charge in [0.25, 0.3) is 0 Å². The summed E-state index contributed by atoms with van der Waals surface area (Å²) in [5, 5.41) is 10.4. The number of rotatable bonds is 10. The van der Waals surface area contributed by atoms with Crippen molar-refractivity contribution < 1.29 is 45.0 Å². The van der Waals surface area contributed by atoms with Gasteiger partial charge in [-0.2, -0.15) is 35.1 Å². The molecule has 1 atom stereocenters. The molecule has 4 rings (SSSR count). The Morgan fingerprint density at radius 2 is 1.35 bits per heavy atom. The van der Waals surface area contributed by atoms with Crippen molar-refractivity contribution in [3.63, 3.8) is 0 Å². The van der Waals surface area contributed by atoms with E-state index < -0.39 is 48.6 Å². The largest absolute Gasteiger partial charge is 0.458 e. The Morgan fingerprint density at radius 3 is 2.00 bits per heavy atom. The van der Waals surface area contributed by atoms with E-state index in [0.717, 1.165) is 24.1 Å². The molecule has 0 bridgehead atoms. The Bertz CT molecular complexity index is 1530. The van der Waals surface area contributed by atoms with Crippen LogP contribution in [-0.2, 0) is 25.1 Å². The number of halogens is 8. The molecular weight excluding hydrogens is 582 g/mol. The first kappa shape index (κ1) is 31.8. The summed E-state index contributed by atoms with van der Waals surface area (Å²) in [6.07, 6.45) is -9.90. The minimum Gasteiger partial charge on any atom is -0.457 e. The SMILES string of the molecule is CCc1cccc(Oc2cccc(N(Cc3cccc(C(F)(F)C(F)(F)F)c3)C(CO)c3ccccc3C(F)(F)F)c2)c1. The summed E-state index contributed by atoms with van der Waals surface area (Å²) in [6, 6.07) is 20.2. The molecule has 4 aromatic rings. The first-order valence-electron chi connectivity index (χ1n) is 13.2. The standard InChI is InChI=1S/C32H27F8NO2/c1-2-21-8-6-12-25(17-21)43-26-13-7-11-24(18-26)41(29(20-42)27-14-3-4-15-28(27)31(35,36)37)19-22-9-5-10-23(16-22)30(33,34)32(38,39)40/h3-18,29,42H,2,19-20H2,1H3. The highest BCUT2D eigenvalue weighted by Gasteiger charge is 2.58. The summed E-state index contributed by atoms with van der Waals surface area (Å²) < 4.78 is 116. The number of aliphatic hydroxyl groups excluding tert-OH is 1. The summed E-state index contributed by atoms with van der Waals surface area (Å²) >= 11 is 0. The molecule has 0 saturated heterocycles. The Hall–Kier alpha value is -4.12. The zero-order chi connectivity index (χ0) is 31.4. The second-order valence-corrected chi connectivity index (χ2v) is 9.78. The number of nitrogens with zero attached hydrogens (tertiary/aromatic N) is 1. The Labute approximate surface area is 243 Å². The van der Waals surface area contributed by atoms with Gasteiger partial charge in [0.1, 0.15) is 11.5 Å². The molecule has 0 radical (unpaired) electrons. The topological polar surface area (TPSA) is 32.7 Å². The van der Waals surface area contributed by atoms with Gasteiger partial charge in [0, 0.05) is 23.9 Å². The normalized spacial score (nSPS) is 13.1. The Morgan fingerprint density at radius 1 is 0.721 bits per heavy atom. The van der Waals surface area contributed by atoms with Gasteiger partial charge in [0.15, 0.2) is 0 Å². The maximum atomic E-state index is 14.2. The quantitative estimate of drug-likeness (QED) is 0.182. The van der Waals surface area contributed by atoms with Crippen molar-refractivity contribution in [1.82, 2.24) is 0 Å². The van der Waals surface area contributed by atoms with E-state index >= 15 is 0 Å². The number of aliphatic hydroxyl groups is 1. The highest BCUT2D eigenvalue weighted by molar-refractivity contribution is 5.55. The van der Waals surface area contributed by atoms with Gasteiger partial charge in [-0.25, -0.2) is 0 Å². The average Bonchev–Trinajstić information content (AvgIpc) is 2.96. The van der Waals surface area contributed by atoms with Crippen molar-refractivity contribution in [3.05, 3.63) is 125 Å². The van der Waals surface area contributed by atoms with Gasteiger partial charge in [-0.1, -0.05) is 61.5 Å². The van der Waals surface area contributed by atoms with Crippen LogP contribution < -0.4 is 9.64 Å². The molecule has 0 heterocycles. The number of ether oxygens (including phenoxy) is 1. The molecule has 0 spiro atoms. The maximum Gasteiger partial charge on any atom is 0.458 e. The second kappa shape index (κ2) is 12.6. The van der Waals surface area contributed by atoms with Crippen molar-refractivity contribution in [3.8, 4) is 11.5 Å². The molecule has 228 valence electrons. The summed E-state index contributed by atoms with van der Waals surface area (Å²) in [6.45, 7) is 0.702. The number of benzene rings is 4. The van der Waals surface area contributed by atoms with Crippen molar-refractivity contribution >= 4 is 5.69 Å². The van der Waals surface area contributed by atoms with Crippen LogP contribution in [0.2, 0.25) is 0 Å². The summed E-state index contributed by atoms with van der Waals surface area (Å²) in [7, 11) is 0. The lowest BCUT2D eigenvalue weighted by molar-refractivity contribution is -0.289. The van der Waals surface area contributed by atoms with Gasteiger partial charge >= 0.3 is 18.3 Å². The smallest absolute Gasteiger partial charge is 0.457 e. The number of aryl methyl sites for hydroxylation is 1. The highest BCUT2D eigenvalue weighted by atomic mass is 19.4. The van der Waals surface area contributed by atoms with Gasteiger partial charge in [-0.05, 0) is 59.5 Å². The molecule has 0 aliphatic heterocycles. The minimum absolute atomic E-state index is 0.0497. The third-order valence-corrected chi connectivity index (χ3v) is 6.86. The third kappa shape index (κ3) is 7.27. The van der Waals surface area contributed by atoms with Crippen LogP contribution in [0.1, 0.15) is 40.8 Å². The van der Waals surface area contributed by atoms with Crippen LogP contribution in [-0.4, -0.2) is 17.9 Å². The van der Waals surface area contributed by atoms with Gasteiger partial charge in [0.2, 0.25) is 0 Å². The number of alkyl halides is 8. The molecule has 0 saturated carbocycles. The van der Waals surface area contributed by atoms with Crippen LogP contribution in [0.15, 0.2) is 97.1 Å². The van der Waals surface area contributed by atoms with Crippen LogP contribution in [0.3, 0.4) is 0 Å². The fourth-order valence-corrected chi connectivity index (χ4v) is 4.71. The third-order valence-electron chi connectivity index (χ3n) is 6.86. The van der Waals surface area contributed by atoms with E-state index in [1.165, 1.54) is 41.3 Å². The van der Waals surface area contributed by atoms with Gasteiger partial charge in [-0.3, -0.25) is 0 Å². The van der Waals surface area contributed by atoms with Crippen molar-refractivity contribution in [2.75, 3.05) is 11.5 Å². The van der Waals surface area contributed by atoms with Crippen LogP contribution >= 0.6 is 0 Å². The van der Waals surface area contributed by atoms with Crippen molar-refractivity contribution in [2.24, 2.45) is 0 Å². The van der Waals surface area contributed by atoms with E-state index in [0.29, 0.717) is 17.9 Å². The molecule has 1 unspecified atom stereocenters. The number of hydrogen-bond acceptors (Lipinski definition) is 3. The van der Waals surface area contributed by atoms with E-state index in [-0.39, 0.29) is 22.6 Å². The molecule has 11 heteroatoms. The molecule has 0 aliphatic rings. The zero-order valence-corrected chi connectivity index (χ0v) is 22.8. The number of anilines is 1. The van der Waals surface area contributed by atoms with E-state index in [4.69, 9.17) is 4.74 Å². The fourth-order valence-electron chi connectivity index (χ4n) is 4.71. The first-order valence-corrected chi connectivity index (χ1v) is 13.2. The molecule has 0 amide bonds. The molecule has 1 N–H and O–H groups in total. The molecule has 0 aliphatic carbocycles. The van der Waals surface area contributed by atoms with E-state index in [1.807, 2.05) is 19.1 Å². The molecule has 0 aromatic heterocycles. The monoisotopic (exact) mass is 609 g/mol. The predicted molar refractivity (Wildman–Crippen MR) is 146 cm³/mol. The Balaban J connectivity index is 1.81. The van der Waals surface area contributed by atoms with Crippen LogP contribution in [0, 0.1) is 0 Å². The van der Waals surface area contributed by atoms with Crippen LogP contribution in [0.4, 0.5) is 40.8 Å². The highest BCUT2D eigenvalue weighted by Crippen LogP contribution is 2.44. The molecule has 0 fully saturated rings. The van der Waals surface area contributed by atoms with Crippen molar-refractivity contribution in [2.45, 2.75) is 44.2 Å². The summed E-state index contributed by atoms with van der Waals surface area (Å²) in [5.41, 5.74) is -1.48. The van der Waals surface area contributed by atoms with E-state index in [2.05, 4.69) is 0 Å². The maximum absolute atomic E-state index is 14.2. The summed E-state index contributed by atoms with van der Waals surface area (Å²) in [5.74, 6) is -4.38. The lowest BCUT2D eigenvalue weighted by atomic mass is 9.97. The van der Waals surface area contributed by atoms with E-state index in [9.17, 15) is 40.2 Å². The van der Waals surface area contributed by atoms with E-state index in [1.54, 1.807) is 24.3 Å². The van der Waals surface area contributed by atoms with Crippen molar-refractivity contribution in [1.29, 1.82) is 0 Å². The van der Waals surface area contributed by atoms with Crippen LogP contribution in [0.25, 0.3) is 0 Å². The summed E-state index contributed by atoms with van der Waals surface area (Å²) in [4.78, 5) is 1.31. The lowest BCUT2D eigenvalue weighted by Crippen LogP contribution is -2.34. The first-order chi connectivity index (χ1) is 20.2. The second-order valence-electron chi connectivity index (χ2n) is 9.78. The number of hydrogen-bond donors (Lipinski definition) is 1. The molecule has 4 aromatic carbocycles. The molecular formula is C32H27F8NO2. The van der Waals surface area contributed by atoms with Gasteiger partial charge in [0.05, 0.1) is 18.2 Å². The zero-order valence-electron chi connectivity index (χ0n) is 22.8. The molecule has 43 heavy (non-hydrogen) atoms. The molecule has 3 nitrogen and oxygen atoms in total. The predicted octanol–water partition coefficient (Wildman–Crippen LogP) is 9.45.